The van der Waals surface area contributed by atoms with Gasteiger partial charge in [-0.15, -0.1) is 5.10 Å². The smallest absolute Gasteiger partial charge is 0.181 e. The average molecular weight is 319 g/mol. The molecule has 0 spiro atoms. The Balaban J connectivity index is 1.80. The van der Waals surface area contributed by atoms with E-state index in [1.807, 2.05) is 48.5 Å². The minimum Gasteiger partial charge on any atom is -0.293 e. The summed E-state index contributed by atoms with van der Waals surface area (Å²) >= 11 is 1.26. The quantitative estimate of drug-likeness (QED) is 0.685. The predicted octanol–water partition coefficient (Wildman–Crippen LogP) is 3.87. The highest BCUT2D eigenvalue weighted by atomic mass is 32.1. The van der Waals surface area contributed by atoms with Gasteiger partial charge in [-0.25, -0.2) is 0 Å². The predicted molar refractivity (Wildman–Crippen MR) is 89.3 cm³/mol. The molecule has 112 valence electrons. The van der Waals surface area contributed by atoms with E-state index in [1.165, 1.54) is 18.5 Å². The zero-order chi connectivity index (χ0) is 16.2. The normalized spacial score (nSPS) is 10.3. The first-order valence-electron chi connectivity index (χ1n) is 7.09. The topological polar surface area (TPSA) is 66.6 Å². The Morgan fingerprint density at radius 3 is 2.26 bits per heavy atom. The summed E-state index contributed by atoms with van der Waals surface area (Å²) in [4.78, 5) is 12.4. The van der Waals surface area contributed by atoms with Gasteiger partial charge in [0, 0.05) is 13.3 Å². The summed E-state index contributed by atoms with van der Waals surface area (Å²) < 4.78 is 3.87. The molecule has 0 saturated carbocycles. The van der Waals surface area contributed by atoms with Crippen LogP contribution >= 0.6 is 11.5 Å². The van der Waals surface area contributed by atoms with Crippen LogP contribution < -0.4 is 0 Å². The van der Waals surface area contributed by atoms with E-state index < -0.39 is 0 Å². The number of carbonyl (C=O) groups is 1. The zero-order valence-corrected chi connectivity index (χ0v) is 13.3. The maximum Gasteiger partial charge on any atom is 0.181 e. The van der Waals surface area contributed by atoms with Gasteiger partial charge in [0.25, 0.3) is 0 Å². The van der Waals surface area contributed by atoms with E-state index in [2.05, 4.69) is 15.7 Å². The van der Waals surface area contributed by atoms with Gasteiger partial charge in [0.1, 0.15) is 5.69 Å². The molecule has 0 amide bonds. The third-order valence-corrected chi connectivity index (χ3v) is 4.28. The fourth-order valence-electron chi connectivity index (χ4n) is 2.33. The average Bonchev–Trinajstić information content (AvgIpc) is 3.04. The molecule has 0 fully saturated rings. The van der Waals surface area contributed by atoms with E-state index in [-0.39, 0.29) is 5.78 Å². The van der Waals surface area contributed by atoms with Crippen molar-refractivity contribution in [1.82, 2.24) is 9.59 Å². The first kappa shape index (κ1) is 15.1. The lowest BCUT2D eigenvalue weighted by molar-refractivity contribution is 0.101. The van der Waals surface area contributed by atoms with E-state index in [1.54, 1.807) is 0 Å². The Hall–Kier alpha value is -2.84. The fraction of sp³-hybridized carbons (Fsp3) is 0.111. The van der Waals surface area contributed by atoms with Gasteiger partial charge in [-0.2, -0.15) is 5.26 Å². The van der Waals surface area contributed by atoms with Crippen molar-refractivity contribution >= 4 is 17.3 Å². The second-order valence-electron chi connectivity index (χ2n) is 5.16. The number of benzene rings is 2. The van der Waals surface area contributed by atoms with Crippen LogP contribution in [0.25, 0.3) is 11.1 Å². The lowest BCUT2D eigenvalue weighted by atomic mass is 10.0. The molecule has 0 unspecified atom stereocenters. The molecule has 0 radical (unpaired) electrons. The molecule has 2 aromatic carbocycles. The largest absolute Gasteiger partial charge is 0.293 e. The van der Waals surface area contributed by atoms with E-state index in [4.69, 9.17) is 5.26 Å². The zero-order valence-electron chi connectivity index (χ0n) is 12.5. The molecular weight excluding hydrogens is 306 g/mol. The lowest BCUT2D eigenvalue weighted by Gasteiger charge is -2.04. The first-order chi connectivity index (χ1) is 11.2. The Kier molecular flexibility index (Phi) is 4.26. The molecule has 23 heavy (non-hydrogen) atoms. The third-order valence-electron chi connectivity index (χ3n) is 3.56. The fourth-order valence-corrected chi connectivity index (χ4v) is 3.05. The Labute approximate surface area is 138 Å². The molecule has 5 heteroatoms. The van der Waals surface area contributed by atoms with E-state index >= 15 is 0 Å². The van der Waals surface area contributed by atoms with Crippen molar-refractivity contribution < 1.29 is 4.79 Å². The van der Waals surface area contributed by atoms with Crippen molar-refractivity contribution in [2.24, 2.45) is 0 Å². The summed E-state index contributed by atoms with van der Waals surface area (Å²) in [6, 6.07) is 17.8. The number of nitriles is 1. The molecule has 0 aliphatic rings. The molecule has 3 rings (SSSR count). The molecule has 0 N–H and O–H groups in total. The summed E-state index contributed by atoms with van der Waals surface area (Å²) in [5, 5.41) is 12.7. The minimum absolute atomic E-state index is 0.0528. The number of carbonyl (C=O) groups excluding carboxylic acids is 1. The van der Waals surface area contributed by atoms with Crippen LogP contribution in [0.1, 0.15) is 33.4 Å². The molecule has 1 aromatic heterocycles. The maximum atomic E-state index is 11.5. The number of rotatable bonds is 4. The molecule has 1 heterocycles. The third kappa shape index (κ3) is 3.33. The second-order valence-corrected chi connectivity index (χ2v) is 6.00. The number of hydrogen-bond donors (Lipinski definition) is 0. The van der Waals surface area contributed by atoms with Crippen LogP contribution in [0.2, 0.25) is 0 Å². The summed E-state index contributed by atoms with van der Waals surface area (Å²) in [6.07, 6.45) is 0.653. The molecule has 0 saturated heterocycles. The van der Waals surface area contributed by atoms with Crippen molar-refractivity contribution in [2.75, 3.05) is 0 Å². The summed E-state index contributed by atoms with van der Waals surface area (Å²) in [6.45, 7) is 1.51. The van der Waals surface area contributed by atoms with E-state index in [0.717, 1.165) is 21.6 Å². The molecule has 0 atom stereocenters. The van der Waals surface area contributed by atoms with Crippen LogP contribution in [0.3, 0.4) is 0 Å². The van der Waals surface area contributed by atoms with Gasteiger partial charge < -0.3 is 0 Å². The van der Waals surface area contributed by atoms with Gasteiger partial charge in [0.15, 0.2) is 5.78 Å². The van der Waals surface area contributed by atoms with Crippen LogP contribution in [-0.4, -0.2) is 15.4 Å². The highest BCUT2D eigenvalue weighted by Crippen LogP contribution is 2.22. The maximum absolute atomic E-state index is 11.5. The Bertz CT molecular complexity index is 874. The summed E-state index contributed by atoms with van der Waals surface area (Å²) in [7, 11) is 0. The van der Waals surface area contributed by atoms with E-state index in [0.29, 0.717) is 17.7 Å². The first-order valence-corrected chi connectivity index (χ1v) is 7.86. The SMILES string of the molecule is CC(=O)c1nnsc1Cc1ccc(-c2ccc(C#N)cc2)cc1. The minimum atomic E-state index is -0.0528. The van der Waals surface area contributed by atoms with Crippen LogP contribution in [0.4, 0.5) is 0 Å². The number of Topliss-reactive ketones (excluding diaryl/α,β-unsaturated/α-hetero) is 1. The van der Waals surface area contributed by atoms with Crippen molar-refractivity contribution in [1.29, 1.82) is 5.26 Å². The summed E-state index contributed by atoms with van der Waals surface area (Å²) in [5.41, 5.74) is 4.38. The standard InChI is InChI=1S/C18H13N3OS/c1-12(22)18-17(23-21-20-18)10-13-2-6-15(7-3-13)16-8-4-14(11-19)5-9-16/h2-9H,10H2,1H3. The number of nitrogens with zero attached hydrogens (tertiary/aromatic N) is 3. The molecule has 0 bridgehead atoms. The summed E-state index contributed by atoms with van der Waals surface area (Å²) in [5.74, 6) is -0.0528. The van der Waals surface area contributed by atoms with Crippen LogP contribution in [0, 0.1) is 11.3 Å². The number of ketones is 1. The van der Waals surface area contributed by atoms with Gasteiger partial charge in [-0.05, 0) is 40.4 Å². The molecule has 0 aliphatic heterocycles. The molecule has 4 nitrogen and oxygen atoms in total. The van der Waals surface area contributed by atoms with Crippen molar-refractivity contribution in [2.45, 2.75) is 13.3 Å². The Morgan fingerprint density at radius 1 is 1.09 bits per heavy atom. The number of hydrogen-bond acceptors (Lipinski definition) is 5. The van der Waals surface area contributed by atoms with Crippen molar-refractivity contribution in [3.8, 4) is 17.2 Å². The second kappa shape index (κ2) is 6.51. The lowest BCUT2D eigenvalue weighted by Crippen LogP contribution is -1.98. The Morgan fingerprint density at radius 2 is 1.70 bits per heavy atom. The highest BCUT2D eigenvalue weighted by molar-refractivity contribution is 7.05. The van der Waals surface area contributed by atoms with Crippen LogP contribution in [0.5, 0.6) is 0 Å². The number of aromatic nitrogens is 2. The van der Waals surface area contributed by atoms with Gasteiger partial charge in [-0.3, -0.25) is 4.79 Å². The van der Waals surface area contributed by atoms with Gasteiger partial charge in [0.2, 0.25) is 0 Å². The van der Waals surface area contributed by atoms with Crippen LogP contribution in [-0.2, 0) is 6.42 Å². The van der Waals surface area contributed by atoms with Gasteiger partial charge >= 0.3 is 0 Å². The van der Waals surface area contributed by atoms with Gasteiger partial charge in [0.05, 0.1) is 16.5 Å². The molecular formula is C18H13N3OS. The van der Waals surface area contributed by atoms with E-state index in [9.17, 15) is 4.79 Å². The van der Waals surface area contributed by atoms with Crippen LogP contribution in [0.15, 0.2) is 48.5 Å². The highest BCUT2D eigenvalue weighted by Gasteiger charge is 2.12. The monoisotopic (exact) mass is 319 g/mol. The molecule has 3 aromatic rings. The van der Waals surface area contributed by atoms with Crippen molar-refractivity contribution in [3.05, 3.63) is 70.2 Å². The van der Waals surface area contributed by atoms with Crippen molar-refractivity contribution in [3.63, 3.8) is 0 Å². The van der Waals surface area contributed by atoms with Gasteiger partial charge in [-0.1, -0.05) is 40.9 Å². The molecule has 0 aliphatic carbocycles.